The van der Waals surface area contributed by atoms with Crippen LogP contribution >= 0.6 is 11.8 Å². The second-order valence-electron chi connectivity index (χ2n) is 13.5. The Kier molecular flexibility index (Phi) is 10.4. The van der Waals surface area contributed by atoms with E-state index in [2.05, 4.69) is 71.1 Å². The van der Waals surface area contributed by atoms with E-state index >= 15 is 0 Å². The Bertz CT molecular complexity index is 2170. The number of ether oxygens (including phenoxy) is 1. The number of benzene rings is 5. The van der Waals surface area contributed by atoms with E-state index in [0.29, 0.717) is 17.4 Å². The summed E-state index contributed by atoms with van der Waals surface area (Å²) in [6.07, 6.45) is 0. The maximum absolute atomic E-state index is 13.3. The molecule has 6 aromatic rings. The Morgan fingerprint density at radius 1 is 0.741 bits per heavy atom. The van der Waals surface area contributed by atoms with Crippen LogP contribution in [0.25, 0.3) is 11.1 Å². The molecule has 9 nitrogen and oxygen atoms in total. The third-order valence-corrected chi connectivity index (χ3v) is 10.6. The number of rotatable bonds is 13. The molecule has 0 aliphatic carbocycles. The maximum atomic E-state index is 13.3. The number of hydrogen-bond donors (Lipinski definition) is 1. The third kappa shape index (κ3) is 6.45. The highest BCUT2D eigenvalue weighted by Gasteiger charge is 2.60. The van der Waals surface area contributed by atoms with Crippen LogP contribution in [0.2, 0.25) is 0 Å². The molecule has 1 aromatic heterocycles. The summed E-state index contributed by atoms with van der Waals surface area (Å²) >= 11 is 1.51. The minimum Gasteiger partial charge on any atom is -0.461 e. The molecule has 7 rings (SSSR count). The van der Waals surface area contributed by atoms with Gasteiger partial charge in [-0.15, -0.1) is 10.2 Å². The topological polar surface area (TPSA) is 114 Å². The lowest BCUT2D eigenvalue weighted by Crippen LogP contribution is -2.48. The molecule has 1 aliphatic rings. The molecule has 54 heavy (non-hydrogen) atoms. The van der Waals surface area contributed by atoms with Crippen LogP contribution in [0.4, 0.5) is 0 Å². The lowest BCUT2D eigenvalue weighted by molar-refractivity contribution is 0.0469. The fourth-order valence-corrected chi connectivity index (χ4v) is 8.21. The molecule has 0 amide bonds. The summed E-state index contributed by atoms with van der Waals surface area (Å²) in [7, 11) is 0. The highest BCUT2D eigenvalue weighted by molar-refractivity contribution is 7.99. The van der Waals surface area contributed by atoms with Gasteiger partial charge in [-0.25, -0.2) is 9.78 Å². The molecule has 1 N–H and O–H groups in total. The molecule has 1 aliphatic heterocycles. The van der Waals surface area contributed by atoms with Gasteiger partial charge in [-0.3, -0.25) is 0 Å². The average Bonchev–Trinajstić information content (AvgIpc) is 3.84. The molecule has 0 spiro atoms. The zero-order chi connectivity index (χ0) is 37.8. The lowest BCUT2D eigenvalue weighted by Gasteiger charge is -2.45. The predicted octanol–water partition coefficient (Wildman–Crippen LogP) is 10.1. The van der Waals surface area contributed by atoms with Crippen LogP contribution in [0, 0.1) is 0 Å². The van der Waals surface area contributed by atoms with E-state index in [1.54, 1.807) is 20.8 Å². The number of carbonyl (C=O) groups excluding carboxylic acids is 1. The first-order chi connectivity index (χ1) is 26.2. The number of thioether (sulfide) groups is 1. The van der Waals surface area contributed by atoms with Crippen LogP contribution in [0.5, 0.6) is 0 Å². The van der Waals surface area contributed by atoms with E-state index in [4.69, 9.17) is 19.9 Å². The summed E-state index contributed by atoms with van der Waals surface area (Å²) in [5, 5.41) is 30.2. The van der Waals surface area contributed by atoms with Crippen LogP contribution in [-0.4, -0.2) is 33.0 Å². The number of carbonyl (C=O) groups is 1. The first-order valence-electron chi connectivity index (χ1n) is 18.1. The van der Waals surface area contributed by atoms with Gasteiger partial charge in [0.15, 0.2) is 10.9 Å². The van der Waals surface area contributed by atoms with Crippen molar-refractivity contribution in [2.75, 3.05) is 12.4 Å². The minimum absolute atomic E-state index is 0.209. The van der Waals surface area contributed by atoms with Crippen molar-refractivity contribution < 1.29 is 14.6 Å². The van der Waals surface area contributed by atoms with Crippen molar-refractivity contribution in [3.05, 3.63) is 179 Å². The predicted molar refractivity (Wildman–Crippen MR) is 211 cm³/mol. The molecule has 5 aromatic carbocycles. The Hall–Kier alpha value is -5.71. The molecule has 0 bridgehead atoms. The van der Waals surface area contributed by atoms with Gasteiger partial charge in [0.1, 0.15) is 11.3 Å². The molecular weight excluding hydrogens is 693 g/mol. The number of hydrogen-bond acceptors (Lipinski definition) is 9. The molecule has 0 radical (unpaired) electrons. The van der Waals surface area contributed by atoms with Gasteiger partial charge in [0.25, 0.3) is 0 Å². The Morgan fingerprint density at radius 2 is 1.26 bits per heavy atom. The second-order valence-corrected chi connectivity index (χ2v) is 14.8. The molecule has 0 fully saturated rings. The second kappa shape index (κ2) is 15.3. The van der Waals surface area contributed by atoms with Crippen molar-refractivity contribution in [3.8, 4) is 11.1 Å². The number of aromatic nitrogens is 2. The monoisotopic (exact) mass is 734 g/mol. The Morgan fingerprint density at radius 3 is 1.76 bits per heavy atom. The third-order valence-electron chi connectivity index (χ3n) is 9.72. The van der Waals surface area contributed by atoms with Gasteiger partial charge in [-0.1, -0.05) is 158 Å². The first kappa shape index (κ1) is 36.6. The van der Waals surface area contributed by atoms with Crippen LogP contribution in [0.1, 0.15) is 71.7 Å². The zero-order valence-corrected chi connectivity index (χ0v) is 31.6. The SMILES string of the molecule is CCOC(=O)c1c(C(C)(C)O)nc(SCC)n1Cc1ccc(-c2ccccc2C2(C(c3ccccc3)(c3ccccc3)c3ccccc3)N=NN=N2)cc1. The molecule has 0 unspecified atom stereocenters. The molecule has 2 heterocycles. The minimum atomic E-state index is -1.34. The lowest BCUT2D eigenvalue weighted by atomic mass is 9.59. The van der Waals surface area contributed by atoms with Crippen LogP contribution in [0.15, 0.2) is 165 Å². The van der Waals surface area contributed by atoms with Crippen LogP contribution < -0.4 is 0 Å². The van der Waals surface area contributed by atoms with Gasteiger partial charge in [0.05, 0.1) is 18.6 Å². The summed E-state index contributed by atoms with van der Waals surface area (Å²) in [6.45, 7) is 7.62. The summed E-state index contributed by atoms with van der Waals surface area (Å²) in [5.41, 5.74) is 3.58. The largest absolute Gasteiger partial charge is 0.461 e. The van der Waals surface area contributed by atoms with Crippen molar-refractivity contribution in [1.29, 1.82) is 0 Å². The fourth-order valence-electron chi connectivity index (χ4n) is 7.48. The van der Waals surface area contributed by atoms with Gasteiger partial charge in [0.2, 0.25) is 5.66 Å². The van der Waals surface area contributed by atoms with Gasteiger partial charge in [0, 0.05) is 5.56 Å². The molecule has 0 saturated heterocycles. The fraction of sp³-hybridized carbons (Fsp3) is 0.227. The maximum Gasteiger partial charge on any atom is 0.357 e. The number of imidazole rings is 1. The van der Waals surface area contributed by atoms with E-state index < -0.39 is 22.6 Å². The van der Waals surface area contributed by atoms with Gasteiger partial charge < -0.3 is 14.4 Å². The molecule has 272 valence electrons. The summed E-state index contributed by atoms with van der Waals surface area (Å²) in [4.78, 5) is 18.1. The highest BCUT2D eigenvalue weighted by Crippen LogP contribution is 2.58. The molecular formula is C44H42N6O3S. The van der Waals surface area contributed by atoms with Gasteiger partial charge in [-0.2, -0.15) is 0 Å². The van der Waals surface area contributed by atoms with Crippen LogP contribution in [0.3, 0.4) is 0 Å². The van der Waals surface area contributed by atoms with E-state index in [-0.39, 0.29) is 12.3 Å². The van der Waals surface area contributed by atoms with Crippen LogP contribution in [-0.2, 0) is 28.0 Å². The van der Waals surface area contributed by atoms with Crippen molar-refractivity contribution in [3.63, 3.8) is 0 Å². The van der Waals surface area contributed by atoms with E-state index in [0.717, 1.165) is 44.7 Å². The van der Waals surface area contributed by atoms with Crippen molar-refractivity contribution in [1.82, 2.24) is 9.55 Å². The van der Waals surface area contributed by atoms with Crippen molar-refractivity contribution in [2.45, 2.75) is 56.1 Å². The summed E-state index contributed by atoms with van der Waals surface area (Å²) < 4.78 is 7.30. The van der Waals surface area contributed by atoms with Crippen molar-refractivity contribution >= 4 is 17.7 Å². The first-order valence-corrected chi connectivity index (χ1v) is 19.1. The average molecular weight is 735 g/mol. The van der Waals surface area contributed by atoms with Crippen molar-refractivity contribution in [2.24, 2.45) is 20.7 Å². The van der Waals surface area contributed by atoms with E-state index in [9.17, 15) is 9.90 Å². The highest BCUT2D eigenvalue weighted by atomic mass is 32.2. The zero-order valence-electron chi connectivity index (χ0n) is 30.8. The molecule has 10 heteroatoms. The Labute approximate surface area is 319 Å². The normalized spacial score (nSPS) is 13.6. The quantitative estimate of drug-likeness (QED) is 0.0721. The number of nitrogens with zero attached hydrogens (tertiary/aromatic N) is 6. The Balaban J connectivity index is 1.38. The van der Waals surface area contributed by atoms with E-state index in [1.807, 2.05) is 90.4 Å². The van der Waals surface area contributed by atoms with Gasteiger partial charge >= 0.3 is 5.97 Å². The smallest absolute Gasteiger partial charge is 0.357 e. The summed E-state index contributed by atoms with van der Waals surface area (Å²) in [6, 6.07) is 47.5. The summed E-state index contributed by atoms with van der Waals surface area (Å²) in [5.74, 6) is 0.229. The number of aliphatic hydroxyl groups is 1. The van der Waals surface area contributed by atoms with E-state index in [1.165, 1.54) is 11.8 Å². The number of esters is 1. The molecule has 0 saturated carbocycles. The molecule has 0 atom stereocenters. The standard InChI is InChI=1S/C44H42N6O3S/c1-5-53-40(51)38-39(42(3,4)52)45-41(54-6-2)50(38)30-31-26-28-32(29-27-31)36-24-16-17-25-37(36)44(46-48-49-47-44)43(33-18-10-7-11-19-33,34-20-12-8-13-21-34)35-22-14-9-15-23-35/h7-29,52H,5-6,30H2,1-4H3. The van der Waals surface area contributed by atoms with Gasteiger partial charge in [-0.05, 0) is 70.4 Å².